The fourth-order valence-corrected chi connectivity index (χ4v) is 3.38. The van der Waals surface area contributed by atoms with Crippen molar-refractivity contribution in [1.29, 1.82) is 0 Å². The summed E-state index contributed by atoms with van der Waals surface area (Å²) in [7, 11) is 0. The van der Waals surface area contributed by atoms with E-state index in [1.54, 1.807) is 0 Å². The van der Waals surface area contributed by atoms with Crippen molar-refractivity contribution in [3.63, 3.8) is 0 Å². The number of rotatable bonds is 7. The molecule has 1 aromatic carbocycles. The molecular formula is C20H25NO3S. The quantitative estimate of drug-likeness (QED) is 0.750. The Bertz CT molecular complexity index is 719. The molecule has 0 radical (unpaired) electrons. The van der Waals surface area contributed by atoms with Crippen LogP contribution in [0, 0.1) is 12.8 Å². The van der Waals surface area contributed by atoms with Crippen LogP contribution in [-0.2, 0) is 16.0 Å². The van der Waals surface area contributed by atoms with Crippen molar-refractivity contribution in [2.24, 2.45) is 5.92 Å². The maximum Gasteiger partial charge on any atom is 0.349 e. The van der Waals surface area contributed by atoms with Crippen LogP contribution < -0.4 is 5.32 Å². The number of hydrogen-bond donors (Lipinski definition) is 1. The lowest BCUT2D eigenvalue weighted by molar-refractivity contribution is -0.124. The van der Waals surface area contributed by atoms with Gasteiger partial charge in [-0.3, -0.25) is 4.79 Å². The van der Waals surface area contributed by atoms with Crippen molar-refractivity contribution >= 4 is 23.2 Å². The second-order valence-corrected chi connectivity index (χ2v) is 7.55. The number of aryl methyl sites for hydroxylation is 1. The van der Waals surface area contributed by atoms with Crippen LogP contribution in [0.5, 0.6) is 0 Å². The Labute approximate surface area is 153 Å². The third-order valence-corrected chi connectivity index (χ3v) is 4.88. The Balaban J connectivity index is 1.83. The maximum atomic E-state index is 12.0. The van der Waals surface area contributed by atoms with Gasteiger partial charge in [0.05, 0.1) is 6.04 Å². The molecule has 5 heteroatoms. The first kappa shape index (κ1) is 19.2. The van der Waals surface area contributed by atoms with Gasteiger partial charge in [0.2, 0.25) is 0 Å². The molecule has 134 valence electrons. The number of esters is 1. The van der Waals surface area contributed by atoms with Gasteiger partial charge in [0.25, 0.3) is 5.91 Å². The number of carbonyl (C=O) groups excluding carboxylic acids is 2. The summed E-state index contributed by atoms with van der Waals surface area (Å²) in [5.41, 5.74) is 3.18. The molecule has 1 heterocycles. The Hall–Kier alpha value is -2.14. The van der Waals surface area contributed by atoms with E-state index in [1.165, 1.54) is 16.9 Å². The highest BCUT2D eigenvalue weighted by Gasteiger charge is 2.15. The van der Waals surface area contributed by atoms with Gasteiger partial charge in [-0.2, -0.15) is 0 Å². The average molecular weight is 359 g/mol. The number of carbonyl (C=O) groups is 2. The highest BCUT2D eigenvalue weighted by atomic mass is 32.1. The zero-order valence-corrected chi connectivity index (χ0v) is 16.0. The molecule has 1 amide bonds. The van der Waals surface area contributed by atoms with Crippen molar-refractivity contribution in [3.8, 4) is 0 Å². The first-order valence-corrected chi connectivity index (χ1v) is 9.34. The number of thiophene rings is 1. The smallest absolute Gasteiger partial charge is 0.349 e. The molecule has 4 nitrogen and oxygen atoms in total. The average Bonchev–Trinajstić information content (AvgIpc) is 2.99. The summed E-state index contributed by atoms with van der Waals surface area (Å²) in [5.74, 6) is -0.140. The maximum absolute atomic E-state index is 12.0. The molecule has 0 spiro atoms. The molecule has 0 fully saturated rings. The fraction of sp³-hybridized carbons (Fsp3) is 0.400. The van der Waals surface area contributed by atoms with Gasteiger partial charge in [-0.15, -0.1) is 11.3 Å². The third kappa shape index (κ3) is 5.71. The van der Waals surface area contributed by atoms with E-state index in [2.05, 4.69) is 31.3 Å². The molecule has 0 aliphatic rings. The van der Waals surface area contributed by atoms with Crippen LogP contribution in [-0.4, -0.2) is 18.5 Å². The van der Waals surface area contributed by atoms with Gasteiger partial charge < -0.3 is 10.1 Å². The minimum Gasteiger partial charge on any atom is -0.451 e. The summed E-state index contributed by atoms with van der Waals surface area (Å²) in [6.45, 7) is 7.87. The Morgan fingerprint density at radius 2 is 1.80 bits per heavy atom. The second kappa shape index (κ2) is 8.81. The Morgan fingerprint density at radius 1 is 1.12 bits per heavy atom. The van der Waals surface area contributed by atoms with Crippen molar-refractivity contribution in [2.75, 3.05) is 6.61 Å². The van der Waals surface area contributed by atoms with Crippen LogP contribution in [0.4, 0.5) is 0 Å². The van der Waals surface area contributed by atoms with Crippen molar-refractivity contribution in [1.82, 2.24) is 5.32 Å². The molecule has 1 aromatic heterocycles. The summed E-state index contributed by atoms with van der Waals surface area (Å²) in [6, 6.07) is 9.97. The number of benzene rings is 1. The summed E-state index contributed by atoms with van der Waals surface area (Å²) in [4.78, 5) is 24.5. The number of amides is 1. The Morgan fingerprint density at radius 3 is 2.36 bits per heavy atom. The number of nitrogens with one attached hydrogen (secondary N) is 1. The minimum absolute atomic E-state index is 0.136. The molecular weight excluding hydrogens is 334 g/mol. The van der Waals surface area contributed by atoms with E-state index in [4.69, 9.17) is 4.74 Å². The van der Waals surface area contributed by atoms with Gasteiger partial charge in [-0.05, 0) is 54.3 Å². The molecule has 0 saturated heterocycles. The largest absolute Gasteiger partial charge is 0.451 e. The summed E-state index contributed by atoms with van der Waals surface area (Å²) in [6.07, 6.45) is 1.04. The predicted octanol–water partition coefficient (Wildman–Crippen LogP) is 4.29. The zero-order chi connectivity index (χ0) is 18.4. The van der Waals surface area contributed by atoms with E-state index < -0.39 is 5.97 Å². The van der Waals surface area contributed by atoms with Crippen LogP contribution in [0.1, 0.15) is 53.2 Å². The monoisotopic (exact) mass is 359 g/mol. The topological polar surface area (TPSA) is 55.4 Å². The molecule has 2 rings (SSSR count). The van der Waals surface area contributed by atoms with Gasteiger partial charge in [-0.1, -0.05) is 38.1 Å². The summed E-state index contributed by atoms with van der Waals surface area (Å²) >= 11 is 1.32. The van der Waals surface area contributed by atoms with Gasteiger partial charge in [0.1, 0.15) is 4.88 Å². The lowest BCUT2D eigenvalue weighted by Gasteiger charge is -2.15. The highest BCUT2D eigenvalue weighted by Crippen LogP contribution is 2.17. The molecule has 0 aliphatic heterocycles. The van der Waals surface area contributed by atoms with Gasteiger partial charge in [-0.25, -0.2) is 4.79 Å². The zero-order valence-electron chi connectivity index (χ0n) is 15.2. The van der Waals surface area contributed by atoms with Gasteiger partial charge >= 0.3 is 5.97 Å². The third-order valence-electron chi connectivity index (χ3n) is 3.88. The summed E-state index contributed by atoms with van der Waals surface area (Å²) in [5, 5.41) is 4.69. The van der Waals surface area contributed by atoms with Crippen molar-refractivity contribution in [3.05, 3.63) is 57.3 Å². The van der Waals surface area contributed by atoms with Gasteiger partial charge in [0, 0.05) is 0 Å². The molecule has 0 saturated carbocycles. The predicted molar refractivity (Wildman–Crippen MR) is 101 cm³/mol. The van der Waals surface area contributed by atoms with Crippen molar-refractivity contribution in [2.45, 2.75) is 40.2 Å². The molecule has 2 aromatic rings. The molecule has 0 bridgehead atoms. The lowest BCUT2D eigenvalue weighted by atomic mass is 10.00. The van der Waals surface area contributed by atoms with Crippen LogP contribution in [0.3, 0.4) is 0 Å². The Kier molecular flexibility index (Phi) is 6.76. The second-order valence-electron chi connectivity index (χ2n) is 6.64. The number of hydrogen-bond acceptors (Lipinski definition) is 4. The van der Waals surface area contributed by atoms with Crippen LogP contribution in [0.15, 0.2) is 35.7 Å². The van der Waals surface area contributed by atoms with Crippen LogP contribution in [0.25, 0.3) is 0 Å². The standard InChI is InChI=1S/C20H25NO3S/c1-13(2)11-16-5-7-17(8-6-16)15(4)21-18(22)12-24-20(23)19-14(3)9-10-25-19/h5-10,13,15H,11-12H2,1-4H3,(H,21,22)/t15-/m0/s1. The van der Waals surface area contributed by atoms with Crippen LogP contribution >= 0.6 is 11.3 Å². The SMILES string of the molecule is Cc1ccsc1C(=O)OCC(=O)N[C@@H](C)c1ccc(CC(C)C)cc1. The normalized spacial score (nSPS) is 12.0. The van der Waals surface area contributed by atoms with E-state index in [1.807, 2.05) is 37.4 Å². The van der Waals surface area contributed by atoms with E-state index in [9.17, 15) is 9.59 Å². The highest BCUT2D eigenvalue weighted by molar-refractivity contribution is 7.12. The molecule has 0 aliphatic carbocycles. The first-order valence-electron chi connectivity index (χ1n) is 8.46. The first-order chi connectivity index (χ1) is 11.9. The molecule has 25 heavy (non-hydrogen) atoms. The molecule has 0 unspecified atom stereocenters. The van der Waals surface area contributed by atoms with E-state index in [0.717, 1.165) is 17.5 Å². The van der Waals surface area contributed by atoms with E-state index in [0.29, 0.717) is 10.8 Å². The van der Waals surface area contributed by atoms with Crippen LogP contribution in [0.2, 0.25) is 0 Å². The fourth-order valence-electron chi connectivity index (χ4n) is 2.56. The summed E-state index contributed by atoms with van der Waals surface area (Å²) < 4.78 is 5.09. The molecule has 1 N–H and O–H groups in total. The molecule has 1 atom stereocenters. The van der Waals surface area contributed by atoms with Crippen molar-refractivity contribution < 1.29 is 14.3 Å². The number of ether oxygens (including phenoxy) is 1. The van der Waals surface area contributed by atoms with E-state index in [-0.39, 0.29) is 18.6 Å². The lowest BCUT2D eigenvalue weighted by Crippen LogP contribution is -2.31. The van der Waals surface area contributed by atoms with E-state index >= 15 is 0 Å². The minimum atomic E-state index is -0.451. The van der Waals surface area contributed by atoms with Gasteiger partial charge in [0.15, 0.2) is 6.61 Å².